The van der Waals surface area contributed by atoms with E-state index in [1.165, 1.54) is 5.56 Å². The van der Waals surface area contributed by atoms with E-state index in [1.807, 2.05) is 37.3 Å². The molecule has 0 fully saturated rings. The number of rotatable bonds is 6. The summed E-state index contributed by atoms with van der Waals surface area (Å²) in [6.07, 6.45) is 0. The van der Waals surface area contributed by atoms with Gasteiger partial charge in [0.25, 0.3) is 5.91 Å². The highest BCUT2D eigenvalue weighted by Gasteiger charge is 2.15. The average Bonchev–Trinajstić information content (AvgIpc) is 3.21. The molecule has 0 saturated heterocycles. The number of fused-ring (bicyclic) bond motifs is 1. The van der Waals surface area contributed by atoms with Crippen LogP contribution < -0.4 is 19.5 Å². The Balaban J connectivity index is 1.31. The number of benzene rings is 3. The van der Waals surface area contributed by atoms with Crippen molar-refractivity contribution in [2.75, 3.05) is 13.4 Å². The van der Waals surface area contributed by atoms with Crippen molar-refractivity contribution in [2.45, 2.75) is 13.0 Å². The Morgan fingerprint density at radius 3 is 2.46 bits per heavy atom. The summed E-state index contributed by atoms with van der Waals surface area (Å²) < 4.78 is 16.1. The maximum absolute atomic E-state index is 12.2. The van der Waals surface area contributed by atoms with Gasteiger partial charge in [0.15, 0.2) is 18.1 Å². The van der Waals surface area contributed by atoms with Crippen LogP contribution >= 0.6 is 0 Å². The standard InChI is InChI=1S/C23H21NO4/c1-16(17-7-9-19(10-8-17)18-5-3-2-4-6-18)24-23(25)14-26-20-11-12-21-22(13-20)28-15-27-21/h2-13,16H,14-15H2,1H3,(H,24,25)/t16-/m1/s1. The molecule has 142 valence electrons. The second-order valence-corrected chi connectivity index (χ2v) is 6.58. The number of nitrogens with one attached hydrogen (secondary N) is 1. The Morgan fingerprint density at radius 2 is 1.68 bits per heavy atom. The molecule has 1 heterocycles. The second-order valence-electron chi connectivity index (χ2n) is 6.58. The number of amides is 1. The van der Waals surface area contributed by atoms with Crippen LogP contribution in [0, 0.1) is 0 Å². The molecule has 4 rings (SSSR count). The van der Waals surface area contributed by atoms with E-state index in [4.69, 9.17) is 14.2 Å². The zero-order valence-corrected chi connectivity index (χ0v) is 15.6. The van der Waals surface area contributed by atoms with Gasteiger partial charge in [-0.15, -0.1) is 0 Å². The molecule has 0 radical (unpaired) electrons. The number of ether oxygens (including phenoxy) is 3. The summed E-state index contributed by atoms with van der Waals surface area (Å²) in [5.41, 5.74) is 3.35. The first-order chi connectivity index (χ1) is 13.7. The highest BCUT2D eigenvalue weighted by Crippen LogP contribution is 2.35. The van der Waals surface area contributed by atoms with Gasteiger partial charge in [-0.25, -0.2) is 0 Å². The summed E-state index contributed by atoms with van der Waals surface area (Å²) >= 11 is 0. The quantitative estimate of drug-likeness (QED) is 0.696. The SMILES string of the molecule is C[C@@H](NC(=O)COc1ccc2c(c1)OCO2)c1ccc(-c2ccccc2)cc1. The largest absolute Gasteiger partial charge is 0.484 e. The van der Waals surface area contributed by atoms with E-state index >= 15 is 0 Å². The highest BCUT2D eigenvalue weighted by molar-refractivity contribution is 5.78. The van der Waals surface area contributed by atoms with E-state index in [-0.39, 0.29) is 25.3 Å². The van der Waals surface area contributed by atoms with Crippen molar-refractivity contribution in [2.24, 2.45) is 0 Å². The van der Waals surface area contributed by atoms with Gasteiger partial charge in [-0.2, -0.15) is 0 Å². The number of carbonyl (C=O) groups is 1. The Labute approximate surface area is 163 Å². The normalized spacial score (nSPS) is 13.0. The second kappa shape index (κ2) is 8.05. The van der Waals surface area contributed by atoms with E-state index in [1.54, 1.807) is 18.2 Å². The molecule has 5 nitrogen and oxygen atoms in total. The topological polar surface area (TPSA) is 56.8 Å². The first-order valence-corrected chi connectivity index (χ1v) is 9.16. The minimum Gasteiger partial charge on any atom is -0.484 e. The van der Waals surface area contributed by atoms with Crippen molar-refractivity contribution in [1.29, 1.82) is 0 Å². The summed E-state index contributed by atoms with van der Waals surface area (Å²) in [6, 6.07) is 23.5. The fourth-order valence-corrected chi connectivity index (χ4v) is 3.08. The maximum atomic E-state index is 12.2. The Morgan fingerprint density at radius 1 is 0.964 bits per heavy atom. The van der Waals surface area contributed by atoms with Crippen LogP contribution in [0.1, 0.15) is 18.5 Å². The van der Waals surface area contributed by atoms with E-state index < -0.39 is 0 Å². The van der Waals surface area contributed by atoms with Crippen LogP contribution in [-0.2, 0) is 4.79 Å². The zero-order valence-electron chi connectivity index (χ0n) is 15.6. The average molecular weight is 375 g/mol. The van der Waals surface area contributed by atoms with Gasteiger partial charge in [0.05, 0.1) is 6.04 Å². The van der Waals surface area contributed by atoms with Gasteiger partial charge in [0.1, 0.15) is 5.75 Å². The smallest absolute Gasteiger partial charge is 0.258 e. The fraction of sp³-hybridized carbons (Fsp3) is 0.174. The summed E-state index contributed by atoms with van der Waals surface area (Å²) in [5.74, 6) is 1.70. The van der Waals surface area contributed by atoms with Gasteiger partial charge < -0.3 is 19.5 Å². The molecular weight excluding hydrogens is 354 g/mol. The van der Waals surface area contributed by atoms with Crippen molar-refractivity contribution in [3.8, 4) is 28.4 Å². The molecule has 0 spiro atoms. The lowest BCUT2D eigenvalue weighted by atomic mass is 10.0. The van der Waals surface area contributed by atoms with Gasteiger partial charge in [-0.3, -0.25) is 4.79 Å². The molecule has 0 aliphatic carbocycles. The lowest BCUT2D eigenvalue weighted by molar-refractivity contribution is -0.123. The minimum atomic E-state index is -0.183. The summed E-state index contributed by atoms with van der Waals surface area (Å²) in [5, 5.41) is 2.96. The Kier molecular flexibility index (Phi) is 5.15. The van der Waals surface area contributed by atoms with E-state index in [2.05, 4.69) is 29.6 Å². The van der Waals surface area contributed by atoms with Crippen LogP contribution in [0.3, 0.4) is 0 Å². The van der Waals surface area contributed by atoms with Gasteiger partial charge in [0.2, 0.25) is 6.79 Å². The molecule has 1 atom stereocenters. The Bertz CT molecular complexity index is 954. The molecule has 0 saturated carbocycles. The molecule has 3 aromatic rings. The Hall–Kier alpha value is -3.47. The van der Waals surface area contributed by atoms with Crippen molar-refractivity contribution in [1.82, 2.24) is 5.32 Å². The molecule has 1 aliphatic rings. The molecule has 3 aromatic carbocycles. The van der Waals surface area contributed by atoms with E-state index in [0.29, 0.717) is 17.2 Å². The van der Waals surface area contributed by atoms with Crippen molar-refractivity contribution in [3.63, 3.8) is 0 Å². The molecule has 1 aliphatic heterocycles. The molecule has 5 heteroatoms. The summed E-state index contributed by atoms with van der Waals surface area (Å²) in [7, 11) is 0. The minimum absolute atomic E-state index is 0.0634. The lowest BCUT2D eigenvalue weighted by Crippen LogP contribution is -2.31. The molecular formula is C23H21NO4. The van der Waals surface area contributed by atoms with Crippen LogP contribution in [0.2, 0.25) is 0 Å². The third kappa shape index (κ3) is 4.09. The monoisotopic (exact) mass is 375 g/mol. The van der Waals surface area contributed by atoms with Crippen molar-refractivity contribution in [3.05, 3.63) is 78.4 Å². The third-order valence-corrected chi connectivity index (χ3v) is 4.61. The molecule has 0 aromatic heterocycles. The van der Waals surface area contributed by atoms with Crippen LogP contribution in [0.15, 0.2) is 72.8 Å². The lowest BCUT2D eigenvalue weighted by Gasteiger charge is -2.15. The molecule has 1 N–H and O–H groups in total. The maximum Gasteiger partial charge on any atom is 0.258 e. The predicted molar refractivity (Wildman–Crippen MR) is 106 cm³/mol. The van der Waals surface area contributed by atoms with Crippen LogP contribution in [0.4, 0.5) is 0 Å². The van der Waals surface area contributed by atoms with Crippen LogP contribution in [0.25, 0.3) is 11.1 Å². The zero-order chi connectivity index (χ0) is 19.3. The van der Waals surface area contributed by atoms with E-state index in [0.717, 1.165) is 11.1 Å². The van der Waals surface area contributed by atoms with Crippen LogP contribution in [0.5, 0.6) is 17.2 Å². The first-order valence-electron chi connectivity index (χ1n) is 9.16. The van der Waals surface area contributed by atoms with Gasteiger partial charge in [0, 0.05) is 6.07 Å². The van der Waals surface area contributed by atoms with Gasteiger partial charge >= 0.3 is 0 Å². The van der Waals surface area contributed by atoms with Crippen molar-refractivity contribution >= 4 is 5.91 Å². The predicted octanol–water partition coefficient (Wildman–Crippen LogP) is 4.34. The molecule has 28 heavy (non-hydrogen) atoms. The summed E-state index contributed by atoms with van der Waals surface area (Å²) in [6.45, 7) is 2.10. The molecule has 0 unspecified atom stereocenters. The molecule has 0 bridgehead atoms. The number of carbonyl (C=O) groups excluding carboxylic acids is 1. The third-order valence-electron chi connectivity index (χ3n) is 4.61. The van der Waals surface area contributed by atoms with E-state index in [9.17, 15) is 4.79 Å². The fourth-order valence-electron chi connectivity index (χ4n) is 3.08. The van der Waals surface area contributed by atoms with Crippen LogP contribution in [-0.4, -0.2) is 19.3 Å². The highest BCUT2D eigenvalue weighted by atomic mass is 16.7. The molecule has 1 amide bonds. The number of hydrogen-bond donors (Lipinski definition) is 1. The number of hydrogen-bond acceptors (Lipinski definition) is 4. The first kappa shape index (κ1) is 17.9. The van der Waals surface area contributed by atoms with Gasteiger partial charge in [-0.1, -0.05) is 54.6 Å². The van der Waals surface area contributed by atoms with Crippen molar-refractivity contribution < 1.29 is 19.0 Å². The summed E-state index contributed by atoms with van der Waals surface area (Å²) in [4.78, 5) is 12.2. The van der Waals surface area contributed by atoms with Gasteiger partial charge in [-0.05, 0) is 35.7 Å².